The second kappa shape index (κ2) is 10.8. The Labute approximate surface area is 159 Å². The highest BCUT2D eigenvalue weighted by Crippen LogP contribution is 2.25. The van der Waals surface area contributed by atoms with E-state index in [9.17, 15) is 4.79 Å². The van der Waals surface area contributed by atoms with Crippen LogP contribution in [-0.4, -0.2) is 24.7 Å². The molecule has 0 spiro atoms. The summed E-state index contributed by atoms with van der Waals surface area (Å²) in [5.41, 5.74) is 8.45. The number of benzene rings is 2. The minimum Gasteiger partial charge on any atom is -0.469 e. The van der Waals surface area contributed by atoms with E-state index in [4.69, 9.17) is 11.1 Å². The number of unbranched alkanes of at least 4 members (excludes halogenated alkanes) is 1. The topological polar surface area (TPSA) is 76.2 Å². The SMILES string of the molecule is COC(=O)CCCCSc1ccc(-c2ccc(C(=N)N)cc2)cc1.Cl. The second-order valence-electron chi connectivity index (χ2n) is 5.40. The van der Waals surface area contributed by atoms with Crippen molar-refractivity contribution in [1.82, 2.24) is 0 Å². The van der Waals surface area contributed by atoms with E-state index in [0.717, 1.165) is 35.3 Å². The van der Waals surface area contributed by atoms with Crippen molar-refractivity contribution >= 4 is 36.0 Å². The van der Waals surface area contributed by atoms with Gasteiger partial charge in [-0.2, -0.15) is 0 Å². The summed E-state index contributed by atoms with van der Waals surface area (Å²) in [5, 5.41) is 7.42. The molecule has 134 valence electrons. The van der Waals surface area contributed by atoms with Crippen LogP contribution in [0.3, 0.4) is 0 Å². The van der Waals surface area contributed by atoms with Gasteiger partial charge in [0.05, 0.1) is 7.11 Å². The maximum absolute atomic E-state index is 11.0. The Balaban J connectivity index is 0.00000312. The van der Waals surface area contributed by atoms with Crippen LogP contribution in [0, 0.1) is 5.41 Å². The lowest BCUT2D eigenvalue weighted by Gasteiger charge is -2.06. The fraction of sp³-hybridized carbons (Fsp3) is 0.263. The Morgan fingerprint density at radius 2 is 1.60 bits per heavy atom. The molecule has 3 N–H and O–H groups in total. The van der Waals surface area contributed by atoms with Gasteiger partial charge in [-0.15, -0.1) is 24.2 Å². The molecule has 0 aliphatic heterocycles. The zero-order valence-electron chi connectivity index (χ0n) is 14.2. The molecule has 0 saturated heterocycles. The zero-order chi connectivity index (χ0) is 17.4. The smallest absolute Gasteiger partial charge is 0.305 e. The van der Waals surface area contributed by atoms with Crippen LogP contribution in [0.2, 0.25) is 0 Å². The van der Waals surface area contributed by atoms with Gasteiger partial charge in [0.1, 0.15) is 5.84 Å². The molecule has 0 bridgehead atoms. The molecule has 0 heterocycles. The first-order valence-corrected chi connectivity index (χ1v) is 8.83. The van der Waals surface area contributed by atoms with Gasteiger partial charge in [-0.1, -0.05) is 36.4 Å². The van der Waals surface area contributed by atoms with E-state index in [-0.39, 0.29) is 24.2 Å². The summed E-state index contributed by atoms with van der Waals surface area (Å²) < 4.78 is 4.63. The van der Waals surface area contributed by atoms with Crippen molar-refractivity contribution in [3.63, 3.8) is 0 Å². The van der Waals surface area contributed by atoms with Crippen LogP contribution in [0.5, 0.6) is 0 Å². The van der Waals surface area contributed by atoms with Gasteiger partial charge in [0.15, 0.2) is 0 Å². The fourth-order valence-electron chi connectivity index (χ4n) is 2.25. The van der Waals surface area contributed by atoms with Crippen LogP contribution in [0.4, 0.5) is 0 Å². The number of hydrogen-bond donors (Lipinski definition) is 2. The van der Waals surface area contributed by atoms with Crippen LogP contribution >= 0.6 is 24.2 Å². The quantitative estimate of drug-likeness (QED) is 0.233. The number of amidine groups is 1. The van der Waals surface area contributed by atoms with Gasteiger partial charge in [0.2, 0.25) is 0 Å². The number of esters is 1. The van der Waals surface area contributed by atoms with Crippen molar-refractivity contribution in [2.75, 3.05) is 12.9 Å². The summed E-state index contributed by atoms with van der Waals surface area (Å²) in [4.78, 5) is 12.2. The van der Waals surface area contributed by atoms with Crippen molar-refractivity contribution in [1.29, 1.82) is 5.41 Å². The molecular weight excluding hydrogens is 356 g/mol. The molecule has 4 nitrogen and oxygen atoms in total. The lowest BCUT2D eigenvalue weighted by atomic mass is 10.0. The zero-order valence-corrected chi connectivity index (χ0v) is 15.8. The van der Waals surface area contributed by atoms with E-state index in [2.05, 4.69) is 29.0 Å². The van der Waals surface area contributed by atoms with E-state index in [1.54, 1.807) is 11.8 Å². The van der Waals surface area contributed by atoms with Gasteiger partial charge >= 0.3 is 5.97 Å². The molecular formula is C19H23ClN2O2S. The fourth-order valence-corrected chi connectivity index (χ4v) is 3.16. The van der Waals surface area contributed by atoms with E-state index in [1.165, 1.54) is 12.0 Å². The number of carbonyl (C=O) groups excluding carboxylic acids is 1. The average molecular weight is 379 g/mol. The number of hydrogen-bond acceptors (Lipinski definition) is 4. The summed E-state index contributed by atoms with van der Waals surface area (Å²) in [6.45, 7) is 0. The van der Waals surface area contributed by atoms with Gasteiger partial charge in [0.25, 0.3) is 0 Å². The molecule has 0 atom stereocenters. The maximum atomic E-state index is 11.0. The van der Waals surface area contributed by atoms with Gasteiger partial charge in [0, 0.05) is 16.9 Å². The molecule has 0 radical (unpaired) electrons. The van der Waals surface area contributed by atoms with Crippen LogP contribution in [0.1, 0.15) is 24.8 Å². The lowest BCUT2D eigenvalue weighted by molar-refractivity contribution is -0.140. The Morgan fingerprint density at radius 1 is 1.04 bits per heavy atom. The van der Waals surface area contributed by atoms with Crippen LogP contribution in [0.25, 0.3) is 11.1 Å². The highest BCUT2D eigenvalue weighted by molar-refractivity contribution is 7.99. The molecule has 0 fully saturated rings. The monoisotopic (exact) mass is 378 g/mol. The van der Waals surface area contributed by atoms with E-state index in [0.29, 0.717) is 6.42 Å². The predicted octanol–water partition coefficient (Wildman–Crippen LogP) is 4.49. The second-order valence-corrected chi connectivity index (χ2v) is 6.57. The van der Waals surface area contributed by atoms with Gasteiger partial charge < -0.3 is 10.5 Å². The molecule has 2 aromatic rings. The van der Waals surface area contributed by atoms with Crippen molar-refractivity contribution < 1.29 is 9.53 Å². The minimum atomic E-state index is -0.139. The minimum absolute atomic E-state index is 0. The van der Waals surface area contributed by atoms with Gasteiger partial charge in [-0.05, 0) is 41.9 Å². The molecule has 0 aromatic heterocycles. The van der Waals surface area contributed by atoms with Crippen molar-refractivity contribution in [2.45, 2.75) is 24.2 Å². The number of rotatable bonds is 8. The molecule has 0 unspecified atom stereocenters. The first-order valence-electron chi connectivity index (χ1n) is 7.84. The molecule has 0 saturated carbocycles. The largest absolute Gasteiger partial charge is 0.469 e. The number of ether oxygens (including phenoxy) is 1. The Morgan fingerprint density at radius 3 is 2.12 bits per heavy atom. The summed E-state index contributed by atoms with van der Waals surface area (Å²) >= 11 is 1.79. The number of nitrogens with two attached hydrogens (primary N) is 1. The van der Waals surface area contributed by atoms with Crippen molar-refractivity contribution in [3.8, 4) is 11.1 Å². The predicted molar refractivity (Wildman–Crippen MR) is 107 cm³/mol. The van der Waals surface area contributed by atoms with Crippen molar-refractivity contribution in [3.05, 3.63) is 54.1 Å². The molecule has 0 aliphatic carbocycles. The summed E-state index contributed by atoms with van der Waals surface area (Å²) in [7, 11) is 1.42. The number of nitrogen functional groups attached to an aromatic ring is 1. The highest BCUT2D eigenvalue weighted by atomic mass is 35.5. The number of carbonyl (C=O) groups is 1. The molecule has 0 amide bonds. The van der Waals surface area contributed by atoms with Gasteiger partial charge in [-0.3, -0.25) is 10.2 Å². The van der Waals surface area contributed by atoms with Crippen molar-refractivity contribution in [2.24, 2.45) is 5.73 Å². The molecule has 6 heteroatoms. The third-order valence-electron chi connectivity index (χ3n) is 3.66. The molecule has 25 heavy (non-hydrogen) atoms. The summed E-state index contributed by atoms with van der Waals surface area (Å²) in [6.07, 6.45) is 2.35. The number of halogens is 1. The Kier molecular flexibility index (Phi) is 9.10. The van der Waals surface area contributed by atoms with E-state index >= 15 is 0 Å². The number of thioether (sulfide) groups is 1. The van der Waals surface area contributed by atoms with Crippen LogP contribution in [0.15, 0.2) is 53.4 Å². The molecule has 2 aromatic carbocycles. The highest BCUT2D eigenvalue weighted by Gasteiger charge is 2.02. The Hall–Kier alpha value is -1.98. The van der Waals surface area contributed by atoms with E-state index < -0.39 is 0 Å². The number of methoxy groups -OCH3 is 1. The van der Waals surface area contributed by atoms with Gasteiger partial charge in [-0.25, -0.2) is 0 Å². The standard InChI is InChI=1S/C19H22N2O2S.ClH/c1-23-18(22)4-2-3-13-24-17-11-9-15(10-12-17)14-5-7-16(8-6-14)19(20)21;/h5-12H,2-4,13H2,1H3,(H3,20,21);1H. The third-order valence-corrected chi connectivity index (χ3v) is 4.75. The van der Waals surface area contributed by atoms with Crippen LogP contribution < -0.4 is 5.73 Å². The van der Waals surface area contributed by atoms with E-state index in [1.807, 2.05) is 24.3 Å². The normalized spacial score (nSPS) is 9.96. The lowest BCUT2D eigenvalue weighted by Crippen LogP contribution is -2.10. The maximum Gasteiger partial charge on any atom is 0.305 e. The Bertz CT molecular complexity index is 688. The molecule has 2 rings (SSSR count). The average Bonchev–Trinajstić information content (AvgIpc) is 2.62. The van der Waals surface area contributed by atoms with Crippen LogP contribution in [-0.2, 0) is 9.53 Å². The third kappa shape index (κ3) is 6.80. The first kappa shape index (κ1) is 21.1. The number of nitrogens with one attached hydrogen (secondary N) is 1. The first-order chi connectivity index (χ1) is 11.6. The molecule has 0 aliphatic rings. The summed E-state index contributed by atoms with van der Waals surface area (Å²) in [5.74, 6) is 0.935. The summed E-state index contributed by atoms with van der Waals surface area (Å²) in [6, 6.07) is 16.1.